The summed E-state index contributed by atoms with van der Waals surface area (Å²) in [6, 6.07) is 9.50. The highest BCUT2D eigenvalue weighted by Gasteiger charge is 2.25. The van der Waals surface area contributed by atoms with Crippen molar-refractivity contribution < 1.29 is 23.5 Å². The molecule has 1 heterocycles. The van der Waals surface area contributed by atoms with Crippen LogP contribution in [0.1, 0.15) is 103 Å². The monoisotopic (exact) mass is 556 g/mol. The first kappa shape index (κ1) is 33.2. The number of benzene rings is 1. The smallest absolute Gasteiger partial charge is 0.242 e. The van der Waals surface area contributed by atoms with Crippen molar-refractivity contribution in [1.82, 2.24) is 9.80 Å². The number of hydrogen-bond donors (Lipinski definition) is 0. The van der Waals surface area contributed by atoms with Crippen molar-refractivity contribution in [3.8, 4) is 11.5 Å². The molecule has 0 spiro atoms. The van der Waals surface area contributed by atoms with E-state index >= 15 is 0 Å². The van der Waals surface area contributed by atoms with Gasteiger partial charge in [-0.05, 0) is 56.0 Å². The van der Waals surface area contributed by atoms with Crippen LogP contribution in [0.4, 0.5) is 0 Å². The van der Waals surface area contributed by atoms with Crippen LogP contribution in [-0.4, -0.2) is 55.0 Å². The zero-order valence-electron chi connectivity index (χ0n) is 25.6. The predicted octanol–water partition coefficient (Wildman–Crippen LogP) is 7.42. The minimum Gasteiger partial charge on any atom is -0.493 e. The number of ether oxygens (including phenoxy) is 2. The third-order valence-electron chi connectivity index (χ3n) is 7.64. The second kappa shape index (κ2) is 19.2. The number of rotatable bonds is 21. The van der Waals surface area contributed by atoms with E-state index in [9.17, 15) is 9.59 Å². The Hall–Kier alpha value is -2.96. The molecule has 2 aromatic rings. The molecule has 0 radical (unpaired) electrons. The molecule has 40 heavy (non-hydrogen) atoms. The lowest BCUT2D eigenvalue weighted by molar-refractivity contribution is -0.142. The SMILES string of the molecule is CCCCCCCCCCCC(=O)N(CC(=O)N(CCc1ccc(OC)c(OC)c1)Cc1ccco1)[C@@H](C)CC. The van der Waals surface area contributed by atoms with E-state index in [1.54, 1.807) is 30.3 Å². The van der Waals surface area contributed by atoms with E-state index in [0.29, 0.717) is 37.4 Å². The fourth-order valence-electron chi connectivity index (χ4n) is 4.87. The molecule has 0 unspecified atom stereocenters. The van der Waals surface area contributed by atoms with Crippen molar-refractivity contribution in [3.05, 3.63) is 47.9 Å². The van der Waals surface area contributed by atoms with E-state index < -0.39 is 0 Å². The summed E-state index contributed by atoms with van der Waals surface area (Å²) in [6.45, 7) is 7.27. The van der Waals surface area contributed by atoms with Gasteiger partial charge in [0.2, 0.25) is 11.8 Å². The van der Waals surface area contributed by atoms with Crippen molar-refractivity contribution in [2.24, 2.45) is 0 Å². The molecule has 1 atom stereocenters. The van der Waals surface area contributed by atoms with Crippen LogP contribution in [0.3, 0.4) is 0 Å². The number of furan rings is 1. The molecule has 0 N–H and O–H groups in total. The van der Waals surface area contributed by atoms with Gasteiger partial charge in [-0.2, -0.15) is 0 Å². The van der Waals surface area contributed by atoms with Gasteiger partial charge < -0.3 is 23.7 Å². The van der Waals surface area contributed by atoms with Crippen LogP contribution in [0.2, 0.25) is 0 Å². The molecular weight excluding hydrogens is 504 g/mol. The topological polar surface area (TPSA) is 72.2 Å². The number of carbonyl (C=O) groups excluding carboxylic acids is 2. The second-order valence-electron chi connectivity index (χ2n) is 10.7. The molecule has 0 saturated heterocycles. The fourth-order valence-corrected chi connectivity index (χ4v) is 4.87. The molecule has 0 aliphatic heterocycles. The molecule has 0 saturated carbocycles. The Balaban J connectivity index is 1.97. The highest BCUT2D eigenvalue weighted by atomic mass is 16.5. The summed E-state index contributed by atoms with van der Waals surface area (Å²) in [4.78, 5) is 30.4. The third-order valence-corrected chi connectivity index (χ3v) is 7.64. The summed E-state index contributed by atoms with van der Waals surface area (Å²) < 4.78 is 16.3. The molecule has 2 amide bonds. The van der Waals surface area contributed by atoms with Gasteiger partial charge in [-0.15, -0.1) is 0 Å². The summed E-state index contributed by atoms with van der Waals surface area (Å²) in [7, 11) is 3.23. The number of carbonyl (C=O) groups is 2. The van der Waals surface area contributed by atoms with Crippen molar-refractivity contribution in [2.45, 2.75) is 110 Å². The normalized spacial score (nSPS) is 11.7. The van der Waals surface area contributed by atoms with Crippen LogP contribution >= 0.6 is 0 Å². The lowest BCUT2D eigenvalue weighted by Crippen LogP contribution is -2.46. The van der Waals surface area contributed by atoms with Crippen molar-refractivity contribution >= 4 is 11.8 Å². The number of methoxy groups -OCH3 is 2. The summed E-state index contributed by atoms with van der Waals surface area (Å²) in [5.41, 5.74) is 1.04. The first-order valence-corrected chi connectivity index (χ1v) is 15.2. The second-order valence-corrected chi connectivity index (χ2v) is 10.7. The number of unbranched alkanes of at least 4 members (excludes halogenated alkanes) is 8. The van der Waals surface area contributed by atoms with Crippen molar-refractivity contribution in [3.63, 3.8) is 0 Å². The average molecular weight is 557 g/mol. The van der Waals surface area contributed by atoms with Crippen molar-refractivity contribution in [2.75, 3.05) is 27.3 Å². The van der Waals surface area contributed by atoms with Crippen LogP contribution in [-0.2, 0) is 22.6 Å². The lowest BCUT2D eigenvalue weighted by Gasteiger charge is -2.31. The summed E-state index contributed by atoms with van der Waals surface area (Å²) in [5.74, 6) is 2.05. The maximum Gasteiger partial charge on any atom is 0.242 e. The summed E-state index contributed by atoms with van der Waals surface area (Å²) >= 11 is 0. The fraction of sp³-hybridized carbons (Fsp3) is 0.636. The quantitative estimate of drug-likeness (QED) is 0.150. The molecule has 1 aromatic heterocycles. The highest BCUT2D eigenvalue weighted by Crippen LogP contribution is 2.28. The van der Waals surface area contributed by atoms with Crippen LogP contribution in [0.5, 0.6) is 11.5 Å². The molecule has 224 valence electrons. The predicted molar refractivity (Wildman–Crippen MR) is 161 cm³/mol. The molecular formula is C33H52N2O5. The third kappa shape index (κ3) is 11.6. The Morgan fingerprint density at radius 2 is 1.55 bits per heavy atom. The van der Waals surface area contributed by atoms with E-state index in [0.717, 1.165) is 30.6 Å². The molecule has 1 aromatic carbocycles. The summed E-state index contributed by atoms with van der Waals surface area (Å²) in [6.07, 6.45) is 14.5. The lowest BCUT2D eigenvalue weighted by atomic mass is 10.1. The number of amides is 2. The molecule has 2 rings (SSSR count). The van der Waals surface area contributed by atoms with Gasteiger partial charge in [0.05, 0.1) is 27.0 Å². The van der Waals surface area contributed by atoms with Gasteiger partial charge in [0, 0.05) is 19.0 Å². The van der Waals surface area contributed by atoms with Crippen molar-refractivity contribution in [1.29, 1.82) is 0 Å². The Bertz CT molecular complexity index is 975. The number of hydrogen-bond acceptors (Lipinski definition) is 5. The van der Waals surface area contributed by atoms with Gasteiger partial charge >= 0.3 is 0 Å². The first-order valence-electron chi connectivity index (χ1n) is 15.2. The van der Waals surface area contributed by atoms with Crippen LogP contribution in [0, 0.1) is 0 Å². The van der Waals surface area contributed by atoms with E-state index in [2.05, 4.69) is 13.8 Å². The molecule has 7 heteroatoms. The Labute approximate surface area is 242 Å². The highest BCUT2D eigenvalue weighted by molar-refractivity contribution is 5.85. The average Bonchev–Trinajstić information content (AvgIpc) is 3.49. The molecule has 0 bridgehead atoms. The van der Waals surface area contributed by atoms with Gasteiger partial charge in [0.25, 0.3) is 0 Å². The van der Waals surface area contributed by atoms with Gasteiger partial charge in [0.1, 0.15) is 12.3 Å². The van der Waals surface area contributed by atoms with Crippen LogP contribution in [0.15, 0.2) is 41.0 Å². The van der Waals surface area contributed by atoms with Gasteiger partial charge in [0.15, 0.2) is 11.5 Å². The molecule has 7 nitrogen and oxygen atoms in total. The molecule has 0 aliphatic carbocycles. The number of nitrogens with zero attached hydrogens (tertiary/aromatic N) is 2. The van der Waals surface area contributed by atoms with Crippen LogP contribution in [0.25, 0.3) is 0 Å². The summed E-state index contributed by atoms with van der Waals surface area (Å²) in [5, 5.41) is 0. The minimum absolute atomic E-state index is 0.00586. The Kier molecular flexibility index (Phi) is 15.9. The minimum atomic E-state index is -0.0717. The van der Waals surface area contributed by atoms with E-state index in [4.69, 9.17) is 13.9 Å². The Morgan fingerprint density at radius 1 is 0.875 bits per heavy atom. The van der Waals surface area contributed by atoms with Crippen LogP contribution < -0.4 is 9.47 Å². The largest absolute Gasteiger partial charge is 0.493 e. The van der Waals surface area contributed by atoms with Gasteiger partial charge in [-0.1, -0.05) is 71.3 Å². The van der Waals surface area contributed by atoms with E-state index in [1.165, 1.54) is 44.9 Å². The van der Waals surface area contributed by atoms with E-state index in [-0.39, 0.29) is 24.4 Å². The maximum atomic E-state index is 13.6. The first-order chi connectivity index (χ1) is 19.4. The Morgan fingerprint density at radius 3 is 2.15 bits per heavy atom. The zero-order valence-corrected chi connectivity index (χ0v) is 25.6. The van der Waals surface area contributed by atoms with Gasteiger partial charge in [-0.3, -0.25) is 9.59 Å². The molecule has 0 fully saturated rings. The van der Waals surface area contributed by atoms with Gasteiger partial charge in [-0.25, -0.2) is 0 Å². The molecule has 0 aliphatic rings. The zero-order chi connectivity index (χ0) is 29.2. The van der Waals surface area contributed by atoms with E-state index in [1.807, 2.05) is 37.3 Å². The maximum absolute atomic E-state index is 13.6. The standard InChI is InChI=1S/C33H52N2O5/c1-6-8-9-10-11-12-13-14-15-18-32(36)35(27(3)7-2)26-33(37)34(25-29-17-16-23-40-29)22-21-28-19-20-30(38-4)31(24-28)39-5/h16-17,19-20,23-24,27H,6-15,18,21-22,25-26H2,1-5H3/t27-/m0/s1.